The number of rotatable bonds is 6. The Morgan fingerprint density at radius 3 is 2.50 bits per heavy atom. The minimum atomic E-state index is 0.130. The number of nitrogens with one attached hydrogen (secondary N) is 1. The number of benzene rings is 2. The quantitative estimate of drug-likeness (QED) is 0.711. The van der Waals surface area contributed by atoms with Gasteiger partial charge in [-0.3, -0.25) is 4.79 Å². The lowest BCUT2D eigenvalue weighted by molar-refractivity contribution is -0.131. The van der Waals surface area contributed by atoms with Gasteiger partial charge in [0.2, 0.25) is 5.91 Å². The molecule has 3 nitrogen and oxygen atoms in total. The van der Waals surface area contributed by atoms with Crippen LogP contribution in [0.4, 0.5) is 0 Å². The summed E-state index contributed by atoms with van der Waals surface area (Å²) < 4.78 is 0. The average molecular weight is 320 g/mol. The van der Waals surface area contributed by atoms with Crippen molar-refractivity contribution in [1.82, 2.24) is 9.88 Å². The third-order valence-electron chi connectivity index (χ3n) is 4.64. The van der Waals surface area contributed by atoms with Crippen LogP contribution in [-0.4, -0.2) is 21.8 Å². The van der Waals surface area contributed by atoms with Gasteiger partial charge in [0, 0.05) is 36.6 Å². The molecule has 1 unspecified atom stereocenters. The van der Waals surface area contributed by atoms with Crippen molar-refractivity contribution < 1.29 is 4.79 Å². The lowest BCUT2D eigenvalue weighted by Crippen LogP contribution is -2.39. The molecule has 0 radical (unpaired) electrons. The summed E-state index contributed by atoms with van der Waals surface area (Å²) in [6.45, 7) is 4.48. The predicted molar refractivity (Wildman–Crippen MR) is 98.7 cm³/mol. The van der Waals surface area contributed by atoms with Crippen LogP contribution < -0.4 is 0 Å². The Kier molecular flexibility index (Phi) is 4.99. The van der Waals surface area contributed by atoms with E-state index in [1.807, 2.05) is 29.2 Å². The van der Waals surface area contributed by atoms with Crippen molar-refractivity contribution in [2.24, 2.45) is 0 Å². The first-order valence-electron chi connectivity index (χ1n) is 8.55. The van der Waals surface area contributed by atoms with Gasteiger partial charge in [0.05, 0.1) is 0 Å². The molecule has 3 heteroatoms. The molecule has 0 bridgehead atoms. The number of aromatic nitrogens is 1. The molecule has 0 aliphatic heterocycles. The van der Waals surface area contributed by atoms with E-state index in [9.17, 15) is 4.79 Å². The van der Waals surface area contributed by atoms with Crippen LogP contribution in [0.2, 0.25) is 0 Å². The maximum Gasteiger partial charge on any atom is 0.220 e. The highest BCUT2D eigenvalue weighted by Crippen LogP contribution is 2.22. The van der Waals surface area contributed by atoms with Crippen molar-refractivity contribution in [2.45, 2.75) is 39.3 Å². The molecule has 24 heavy (non-hydrogen) atoms. The van der Waals surface area contributed by atoms with Gasteiger partial charge in [0.1, 0.15) is 0 Å². The van der Waals surface area contributed by atoms with Gasteiger partial charge in [0.15, 0.2) is 0 Å². The number of H-pyrrole nitrogens is 1. The van der Waals surface area contributed by atoms with Crippen molar-refractivity contribution in [3.05, 3.63) is 71.9 Å². The number of fused-ring (bicyclic) bond motifs is 1. The van der Waals surface area contributed by atoms with Gasteiger partial charge in [-0.15, -0.1) is 0 Å². The molecular weight excluding hydrogens is 296 g/mol. The van der Waals surface area contributed by atoms with E-state index in [-0.39, 0.29) is 11.9 Å². The van der Waals surface area contributed by atoms with Gasteiger partial charge in [-0.05, 0) is 30.0 Å². The van der Waals surface area contributed by atoms with Gasteiger partial charge in [-0.1, -0.05) is 55.5 Å². The molecule has 0 aliphatic carbocycles. The minimum absolute atomic E-state index is 0.130. The maximum absolute atomic E-state index is 12.3. The standard InChI is InChI=1S/C21H24N2O/c1-3-19(13-18-14-22-21-12-8-7-11-20(18)21)23(16(2)24)15-17-9-5-4-6-10-17/h4-12,14,19,22H,3,13,15H2,1-2H3. The van der Waals surface area contributed by atoms with Crippen LogP contribution in [-0.2, 0) is 17.8 Å². The second kappa shape index (κ2) is 7.35. The van der Waals surface area contributed by atoms with Crippen molar-refractivity contribution in [1.29, 1.82) is 0 Å². The Morgan fingerprint density at radius 1 is 1.08 bits per heavy atom. The summed E-state index contributed by atoms with van der Waals surface area (Å²) in [6.07, 6.45) is 3.88. The van der Waals surface area contributed by atoms with Crippen LogP contribution in [0.15, 0.2) is 60.8 Å². The molecule has 0 saturated carbocycles. The number of carbonyl (C=O) groups excluding carboxylic acids is 1. The first kappa shape index (κ1) is 16.3. The van der Waals surface area contributed by atoms with Gasteiger partial charge < -0.3 is 9.88 Å². The molecule has 1 aromatic heterocycles. The third-order valence-corrected chi connectivity index (χ3v) is 4.64. The molecule has 0 saturated heterocycles. The van der Waals surface area contributed by atoms with Crippen LogP contribution in [0.3, 0.4) is 0 Å². The van der Waals surface area contributed by atoms with Crippen LogP contribution in [0.25, 0.3) is 10.9 Å². The fraction of sp³-hybridized carbons (Fsp3) is 0.286. The second-order valence-electron chi connectivity index (χ2n) is 6.26. The zero-order valence-corrected chi connectivity index (χ0v) is 14.3. The van der Waals surface area contributed by atoms with E-state index < -0.39 is 0 Å². The fourth-order valence-corrected chi connectivity index (χ4v) is 3.31. The number of hydrogen-bond acceptors (Lipinski definition) is 1. The first-order valence-corrected chi connectivity index (χ1v) is 8.55. The van der Waals surface area contributed by atoms with E-state index in [1.54, 1.807) is 6.92 Å². The maximum atomic E-state index is 12.3. The summed E-state index contributed by atoms with van der Waals surface area (Å²) in [5, 5.41) is 1.25. The molecule has 0 fully saturated rings. The van der Waals surface area contributed by atoms with Crippen molar-refractivity contribution >= 4 is 16.8 Å². The number of aromatic amines is 1. The van der Waals surface area contributed by atoms with E-state index in [1.165, 1.54) is 16.5 Å². The zero-order valence-electron chi connectivity index (χ0n) is 14.3. The SMILES string of the molecule is CCC(Cc1c[nH]c2ccccc12)N(Cc1ccccc1)C(C)=O. The molecule has 0 spiro atoms. The lowest BCUT2D eigenvalue weighted by atomic mass is 10.0. The summed E-state index contributed by atoms with van der Waals surface area (Å²) in [6, 6.07) is 18.7. The summed E-state index contributed by atoms with van der Waals surface area (Å²) in [5.41, 5.74) is 3.60. The zero-order chi connectivity index (χ0) is 16.9. The van der Waals surface area contributed by atoms with Crippen molar-refractivity contribution in [3.63, 3.8) is 0 Å². The van der Waals surface area contributed by atoms with Gasteiger partial charge in [-0.2, -0.15) is 0 Å². The number of para-hydroxylation sites is 1. The molecule has 1 atom stereocenters. The van der Waals surface area contributed by atoms with E-state index in [2.05, 4.69) is 48.4 Å². The normalized spacial score (nSPS) is 12.2. The number of hydrogen-bond donors (Lipinski definition) is 1. The van der Waals surface area contributed by atoms with E-state index in [0.717, 1.165) is 18.4 Å². The van der Waals surface area contributed by atoms with E-state index in [4.69, 9.17) is 0 Å². The molecule has 0 aliphatic rings. The topological polar surface area (TPSA) is 36.1 Å². The molecule has 2 aromatic carbocycles. The summed E-state index contributed by atoms with van der Waals surface area (Å²) in [5.74, 6) is 0.130. The number of nitrogens with zero attached hydrogens (tertiary/aromatic N) is 1. The Balaban J connectivity index is 1.83. The van der Waals surface area contributed by atoms with E-state index >= 15 is 0 Å². The fourth-order valence-electron chi connectivity index (χ4n) is 3.31. The molecular formula is C21H24N2O. The molecule has 1 N–H and O–H groups in total. The Bertz CT molecular complexity index is 807. The largest absolute Gasteiger partial charge is 0.361 e. The van der Waals surface area contributed by atoms with Crippen LogP contribution in [0, 0.1) is 0 Å². The van der Waals surface area contributed by atoms with Crippen molar-refractivity contribution in [3.8, 4) is 0 Å². The van der Waals surface area contributed by atoms with Crippen molar-refractivity contribution in [2.75, 3.05) is 0 Å². The third kappa shape index (κ3) is 3.51. The van der Waals surface area contributed by atoms with Gasteiger partial charge in [0.25, 0.3) is 0 Å². The van der Waals surface area contributed by atoms with Crippen LogP contribution in [0.5, 0.6) is 0 Å². The van der Waals surface area contributed by atoms with Crippen LogP contribution >= 0.6 is 0 Å². The number of amides is 1. The first-order chi connectivity index (χ1) is 11.7. The highest BCUT2D eigenvalue weighted by molar-refractivity contribution is 5.83. The minimum Gasteiger partial charge on any atom is -0.361 e. The molecule has 3 aromatic rings. The van der Waals surface area contributed by atoms with Crippen LogP contribution in [0.1, 0.15) is 31.4 Å². The highest BCUT2D eigenvalue weighted by Gasteiger charge is 2.21. The van der Waals surface area contributed by atoms with E-state index in [0.29, 0.717) is 6.54 Å². The lowest BCUT2D eigenvalue weighted by Gasteiger charge is -2.30. The average Bonchev–Trinajstić information content (AvgIpc) is 3.01. The smallest absolute Gasteiger partial charge is 0.220 e. The highest BCUT2D eigenvalue weighted by atomic mass is 16.2. The molecule has 3 rings (SSSR count). The molecule has 1 heterocycles. The summed E-state index contributed by atoms with van der Waals surface area (Å²) in [4.78, 5) is 17.6. The van der Waals surface area contributed by atoms with Gasteiger partial charge >= 0.3 is 0 Å². The second-order valence-corrected chi connectivity index (χ2v) is 6.26. The Hall–Kier alpha value is -2.55. The summed E-state index contributed by atoms with van der Waals surface area (Å²) in [7, 11) is 0. The monoisotopic (exact) mass is 320 g/mol. The van der Waals surface area contributed by atoms with Gasteiger partial charge in [-0.25, -0.2) is 0 Å². The molecule has 1 amide bonds. The predicted octanol–water partition coefficient (Wildman–Crippen LogP) is 4.54. The Labute approximate surface area is 143 Å². The summed E-state index contributed by atoms with van der Waals surface area (Å²) >= 11 is 0. The number of carbonyl (C=O) groups is 1. The Morgan fingerprint density at radius 2 is 1.79 bits per heavy atom. The molecule has 124 valence electrons.